The standard InChI is InChI=1S/C20H26FN5O3S/c1-5-13(18(28)24-20(2,3)4)26(10-11-6-8-12(21)9-7-11)19(29)16-14(22)15(17(23)27)25-30-16/h6-9,13H,5,10,22H2,1-4H3,(H2,23,27)(H,24,28)/t13-/m1/s1. The van der Waals surface area contributed by atoms with Crippen molar-refractivity contribution in [2.45, 2.75) is 52.2 Å². The van der Waals surface area contributed by atoms with Crippen LogP contribution in [0.4, 0.5) is 10.1 Å². The van der Waals surface area contributed by atoms with Crippen LogP contribution < -0.4 is 16.8 Å². The van der Waals surface area contributed by atoms with Crippen molar-refractivity contribution in [2.24, 2.45) is 5.73 Å². The summed E-state index contributed by atoms with van der Waals surface area (Å²) in [5, 5.41) is 2.88. The van der Waals surface area contributed by atoms with Gasteiger partial charge in [0, 0.05) is 12.1 Å². The molecule has 0 aliphatic carbocycles. The minimum absolute atomic E-state index is 0.0212. The molecule has 1 heterocycles. The Labute approximate surface area is 178 Å². The van der Waals surface area contributed by atoms with Crippen LogP contribution in [0.3, 0.4) is 0 Å². The van der Waals surface area contributed by atoms with E-state index in [0.29, 0.717) is 12.0 Å². The van der Waals surface area contributed by atoms with Crippen molar-refractivity contribution < 1.29 is 18.8 Å². The fourth-order valence-electron chi connectivity index (χ4n) is 2.87. The molecule has 0 bridgehead atoms. The number of nitrogens with two attached hydrogens (primary N) is 2. The zero-order chi connectivity index (χ0) is 22.6. The van der Waals surface area contributed by atoms with Crippen molar-refractivity contribution in [3.63, 3.8) is 0 Å². The second kappa shape index (κ2) is 9.21. The molecule has 0 aliphatic rings. The number of benzene rings is 1. The molecule has 10 heteroatoms. The number of nitrogens with zero attached hydrogens (tertiary/aromatic N) is 2. The molecule has 1 aromatic carbocycles. The van der Waals surface area contributed by atoms with Crippen molar-refractivity contribution in [1.29, 1.82) is 0 Å². The molecule has 2 aromatic rings. The van der Waals surface area contributed by atoms with Crippen LogP contribution in [-0.4, -0.2) is 38.6 Å². The van der Waals surface area contributed by atoms with Crippen LogP contribution >= 0.6 is 11.5 Å². The fraction of sp³-hybridized carbons (Fsp3) is 0.400. The number of hydrogen-bond donors (Lipinski definition) is 3. The fourth-order valence-corrected chi connectivity index (χ4v) is 3.63. The molecule has 0 radical (unpaired) electrons. The largest absolute Gasteiger partial charge is 0.395 e. The van der Waals surface area contributed by atoms with E-state index in [-0.39, 0.29) is 28.7 Å². The number of nitrogens with one attached hydrogen (secondary N) is 1. The number of anilines is 1. The van der Waals surface area contributed by atoms with Gasteiger partial charge in [0.25, 0.3) is 11.8 Å². The monoisotopic (exact) mass is 435 g/mol. The van der Waals surface area contributed by atoms with E-state index in [0.717, 1.165) is 11.5 Å². The first-order valence-corrected chi connectivity index (χ1v) is 10.1. The molecular formula is C20H26FN5O3S. The lowest BCUT2D eigenvalue weighted by molar-refractivity contribution is -0.127. The van der Waals surface area contributed by atoms with E-state index in [1.54, 1.807) is 6.92 Å². The van der Waals surface area contributed by atoms with Gasteiger partial charge in [-0.2, -0.15) is 4.37 Å². The number of rotatable bonds is 7. The summed E-state index contributed by atoms with van der Waals surface area (Å²) in [5.41, 5.74) is 11.0. The summed E-state index contributed by atoms with van der Waals surface area (Å²) in [7, 11) is 0. The molecule has 0 aliphatic heterocycles. The number of hydrogen-bond acceptors (Lipinski definition) is 6. The highest BCUT2D eigenvalue weighted by Gasteiger charge is 2.33. The summed E-state index contributed by atoms with van der Waals surface area (Å²) >= 11 is 0.748. The Kier molecular flexibility index (Phi) is 7.14. The van der Waals surface area contributed by atoms with Crippen LogP contribution in [0.5, 0.6) is 0 Å². The maximum atomic E-state index is 13.4. The third-order valence-corrected chi connectivity index (χ3v) is 5.10. The third kappa shape index (κ3) is 5.53. The Bertz CT molecular complexity index is 937. The van der Waals surface area contributed by atoms with Crippen LogP contribution in [0.25, 0.3) is 0 Å². The normalized spacial score (nSPS) is 12.3. The number of aromatic nitrogens is 1. The van der Waals surface area contributed by atoms with Gasteiger partial charge >= 0.3 is 0 Å². The predicted octanol–water partition coefficient (Wildman–Crippen LogP) is 2.30. The molecule has 0 spiro atoms. The summed E-state index contributed by atoms with van der Waals surface area (Å²) in [4.78, 5) is 39.1. The zero-order valence-corrected chi connectivity index (χ0v) is 18.2. The van der Waals surface area contributed by atoms with Crippen LogP contribution in [0.15, 0.2) is 24.3 Å². The maximum absolute atomic E-state index is 13.4. The van der Waals surface area contributed by atoms with Gasteiger partial charge in [0.05, 0.1) is 5.69 Å². The molecule has 5 N–H and O–H groups in total. The number of amides is 3. The number of nitrogen functional groups attached to an aromatic ring is 1. The molecule has 0 fully saturated rings. The molecule has 0 unspecified atom stereocenters. The van der Waals surface area contributed by atoms with Gasteiger partial charge in [-0.1, -0.05) is 19.1 Å². The number of halogens is 1. The minimum atomic E-state index is -0.842. The third-order valence-electron chi connectivity index (χ3n) is 4.25. The van der Waals surface area contributed by atoms with Gasteiger partial charge in [-0.15, -0.1) is 0 Å². The molecule has 30 heavy (non-hydrogen) atoms. The van der Waals surface area contributed by atoms with Gasteiger partial charge in [-0.3, -0.25) is 14.4 Å². The molecule has 2 rings (SSSR count). The average Bonchev–Trinajstić information content (AvgIpc) is 3.02. The van der Waals surface area contributed by atoms with Gasteiger partial charge < -0.3 is 21.7 Å². The average molecular weight is 436 g/mol. The highest BCUT2D eigenvalue weighted by Crippen LogP contribution is 2.26. The maximum Gasteiger partial charge on any atom is 0.270 e. The second-order valence-electron chi connectivity index (χ2n) is 7.86. The SMILES string of the molecule is CC[C@H](C(=O)NC(C)(C)C)N(Cc1ccc(F)cc1)C(=O)c1snc(C(N)=O)c1N. The summed E-state index contributed by atoms with van der Waals surface area (Å²) in [6.07, 6.45) is 0.330. The molecule has 1 aromatic heterocycles. The molecule has 162 valence electrons. The van der Waals surface area contributed by atoms with Crippen molar-refractivity contribution in [3.05, 3.63) is 46.2 Å². The van der Waals surface area contributed by atoms with Gasteiger partial charge in [0.2, 0.25) is 5.91 Å². The van der Waals surface area contributed by atoms with Gasteiger partial charge in [-0.25, -0.2) is 4.39 Å². The molecule has 0 saturated carbocycles. The molecule has 0 saturated heterocycles. The quantitative estimate of drug-likeness (QED) is 0.614. The van der Waals surface area contributed by atoms with Crippen LogP contribution in [0, 0.1) is 5.82 Å². The van der Waals surface area contributed by atoms with E-state index in [2.05, 4.69) is 9.69 Å². The summed E-state index contributed by atoms with van der Waals surface area (Å²) in [6.45, 7) is 7.33. The predicted molar refractivity (Wildman–Crippen MR) is 113 cm³/mol. The van der Waals surface area contributed by atoms with Gasteiger partial charge in [0.15, 0.2) is 5.69 Å². The topological polar surface area (TPSA) is 131 Å². The van der Waals surface area contributed by atoms with Crippen molar-refractivity contribution >= 4 is 34.9 Å². The highest BCUT2D eigenvalue weighted by atomic mass is 32.1. The van der Waals surface area contributed by atoms with E-state index >= 15 is 0 Å². The number of primary amides is 1. The Balaban J connectivity index is 2.46. The lowest BCUT2D eigenvalue weighted by Gasteiger charge is -2.32. The lowest BCUT2D eigenvalue weighted by atomic mass is 10.1. The van der Waals surface area contributed by atoms with E-state index in [4.69, 9.17) is 11.5 Å². The van der Waals surface area contributed by atoms with E-state index in [1.807, 2.05) is 20.8 Å². The molecule has 3 amide bonds. The highest BCUT2D eigenvalue weighted by molar-refractivity contribution is 7.09. The van der Waals surface area contributed by atoms with Gasteiger partial charge in [0.1, 0.15) is 16.7 Å². The molecule has 1 atom stereocenters. The first-order valence-electron chi connectivity index (χ1n) is 9.37. The Morgan fingerprint density at radius 2 is 1.83 bits per heavy atom. The Morgan fingerprint density at radius 3 is 2.30 bits per heavy atom. The van der Waals surface area contributed by atoms with E-state index < -0.39 is 29.2 Å². The minimum Gasteiger partial charge on any atom is -0.395 e. The first-order chi connectivity index (χ1) is 13.9. The summed E-state index contributed by atoms with van der Waals surface area (Å²) < 4.78 is 17.2. The van der Waals surface area contributed by atoms with Crippen molar-refractivity contribution in [3.8, 4) is 0 Å². The lowest BCUT2D eigenvalue weighted by Crippen LogP contribution is -2.53. The Morgan fingerprint density at radius 1 is 1.23 bits per heavy atom. The van der Waals surface area contributed by atoms with Crippen LogP contribution in [-0.2, 0) is 11.3 Å². The van der Waals surface area contributed by atoms with Crippen molar-refractivity contribution in [2.75, 3.05) is 5.73 Å². The Hall–Kier alpha value is -3.01. The smallest absolute Gasteiger partial charge is 0.270 e. The van der Waals surface area contributed by atoms with E-state index in [1.165, 1.54) is 29.2 Å². The number of carbonyl (C=O) groups excluding carboxylic acids is 3. The molecular weight excluding hydrogens is 409 g/mol. The van der Waals surface area contributed by atoms with E-state index in [9.17, 15) is 18.8 Å². The second-order valence-corrected chi connectivity index (χ2v) is 8.63. The zero-order valence-electron chi connectivity index (χ0n) is 17.4. The van der Waals surface area contributed by atoms with Crippen molar-refractivity contribution in [1.82, 2.24) is 14.6 Å². The van der Waals surface area contributed by atoms with Crippen LogP contribution in [0.2, 0.25) is 0 Å². The molecule has 8 nitrogen and oxygen atoms in total. The summed E-state index contributed by atoms with van der Waals surface area (Å²) in [6, 6.07) is 4.81. The van der Waals surface area contributed by atoms with Crippen LogP contribution in [0.1, 0.15) is 59.8 Å². The number of carbonyl (C=O) groups is 3. The first kappa shape index (κ1) is 23.3. The van der Waals surface area contributed by atoms with Gasteiger partial charge in [-0.05, 0) is 56.4 Å². The summed E-state index contributed by atoms with van der Waals surface area (Å²) in [5.74, 6) is -2.14.